The van der Waals surface area contributed by atoms with E-state index in [2.05, 4.69) is 15.8 Å². The molecule has 2 amide bonds. The van der Waals surface area contributed by atoms with Crippen LogP contribution in [0.5, 0.6) is 17.2 Å². The Kier molecular flexibility index (Phi) is 8.08. The molecule has 0 atom stereocenters. The number of carbonyl (C=O) groups excluding carboxylic acids is 2. The number of benzene rings is 2. The number of ether oxygens (including phenoxy) is 3. The number of hydrogen-bond donors (Lipinski definition) is 2. The van der Waals surface area contributed by atoms with E-state index < -0.39 is 0 Å². The van der Waals surface area contributed by atoms with Crippen molar-refractivity contribution >= 4 is 23.7 Å². The Bertz CT molecular complexity index is 941. The van der Waals surface area contributed by atoms with Gasteiger partial charge in [0.05, 0.1) is 27.5 Å². The van der Waals surface area contributed by atoms with Crippen LogP contribution in [-0.4, -0.2) is 39.4 Å². The molecule has 8 heteroatoms. The summed E-state index contributed by atoms with van der Waals surface area (Å²) < 4.78 is 15.9. The summed E-state index contributed by atoms with van der Waals surface area (Å²) >= 11 is 0. The molecule has 0 bridgehead atoms. The number of nitrogens with zero attached hydrogens (tertiary/aromatic N) is 1. The highest BCUT2D eigenvalue weighted by Crippen LogP contribution is 2.37. The van der Waals surface area contributed by atoms with Gasteiger partial charge in [-0.05, 0) is 49.2 Å². The zero-order chi connectivity index (χ0) is 22.9. The van der Waals surface area contributed by atoms with Gasteiger partial charge in [0.1, 0.15) is 0 Å². The molecule has 1 aliphatic carbocycles. The van der Waals surface area contributed by atoms with Gasteiger partial charge in [0.15, 0.2) is 11.5 Å². The molecule has 0 saturated heterocycles. The first-order valence-corrected chi connectivity index (χ1v) is 10.6. The van der Waals surface area contributed by atoms with Crippen LogP contribution in [-0.2, 0) is 4.79 Å². The maximum Gasteiger partial charge on any atom is 0.271 e. The predicted octanol–water partition coefficient (Wildman–Crippen LogP) is 4.00. The van der Waals surface area contributed by atoms with E-state index >= 15 is 0 Å². The van der Waals surface area contributed by atoms with Crippen LogP contribution < -0.4 is 25.0 Å². The van der Waals surface area contributed by atoms with Crippen molar-refractivity contribution in [1.29, 1.82) is 0 Å². The largest absolute Gasteiger partial charge is 0.493 e. The molecule has 170 valence electrons. The SMILES string of the molecule is COc1cc(C=NNC(=O)c2ccc(NC(=O)C3CCCCC3)cc2)cc(OC)c1OC. The zero-order valence-electron chi connectivity index (χ0n) is 18.6. The van der Waals surface area contributed by atoms with Crippen molar-refractivity contribution in [3.05, 3.63) is 47.5 Å². The smallest absolute Gasteiger partial charge is 0.271 e. The highest BCUT2D eigenvalue weighted by Gasteiger charge is 2.21. The maximum atomic E-state index is 12.4. The minimum absolute atomic E-state index is 0.0526. The molecule has 32 heavy (non-hydrogen) atoms. The summed E-state index contributed by atoms with van der Waals surface area (Å²) in [5, 5.41) is 6.95. The molecule has 2 N–H and O–H groups in total. The summed E-state index contributed by atoms with van der Waals surface area (Å²) in [6.45, 7) is 0. The second-order valence-corrected chi connectivity index (χ2v) is 7.56. The number of anilines is 1. The van der Waals surface area contributed by atoms with Crippen LogP contribution in [0.3, 0.4) is 0 Å². The minimum atomic E-state index is -0.362. The van der Waals surface area contributed by atoms with Gasteiger partial charge in [-0.25, -0.2) is 5.43 Å². The lowest BCUT2D eigenvalue weighted by Gasteiger charge is -2.20. The summed E-state index contributed by atoms with van der Waals surface area (Å²) in [7, 11) is 4.59. The van der Waals surface area contributed by atoms with E-state index in [0.29, 0.717) is 34.1 Å². The first-order valence-electron chi connectivity index (χ1n) is 10.6. The monoisotopic (exact) mass is 439 g/mol. The number of hydrogen-bond acceptors (Lipinski definition) is 6. The molecule has 0 unspecified atom stereocenters. The van der Waals surface area contributed by atoms with E-state index in [-0.39, 0.29) is 17.7 Å². The third-order valence-electron chi connectivity index (χ3n) is 5.46. The van der Waals surface area contributed by atoms with Crippen molar-refractivity contribution < 1.29 is 23.8 Å². The average Bonchev–Trinajstić information content (AvgIpc) is 2.84. The number of hydrazone groups is 1. The third kappa shape index (κ3) is 5.78. The number of rotatable bonds is 8. The summed E-state index contributed by atoms with van der Waals surface area (Å²) in [6.07, 6.45) is 6.78. The lowest BCUT2D eigenvalue weighted by molar-refractivity contribution is -0.120. The summed E-state index contributed by atoms with van der Waals surface area (Å²) in [5.41, 5.74) is 4.27. The van der Waals surface area contributed by atoms with Crippen LogP contribution in [0, 0.1) is 5.92 Å². The second-order valence-electron chi connectivity index (χ2n) is 7.56. The van der Waals surface area contributed by atoms with Gasteiger partial charge in [-0.2, -0.15) is 5.10 Å². The maximum absolute atomic E-state index is 12.4. The van der Waals surface area contributed by atoms with E-state index in [1.54, 1.807) is 36.4 Å². The van der Waals surface area contributed by atoms with E-state index in [1.807, 2.05) is 0 Å². The van der Waals surface area contributed by atoms with E-state index in [4.69, 9.17) is 14.2 Å². The molecule has 0 spiro atoms. The molecule has 8 nitrogen and oxygen atoms in total. The fourth-order valence-electron chi connectivity index (χ4n) is 3.72. The molecule has 2 aromatic carbocycles. The molecule has 1 aliphatic rings. The molecule has 1 saturated carbocycles. The summed E-state index contributed by atoms with van der Waals surface area (Å²) in [6, 6.07) is 10.2. The molecular formula is C24H29N3O5. The standard InChI is InChI=1S/C24H29N3O5/c1-30-20-13-16(14-21(31-2)22(20)32-3)15-25-27-24(29)18-9-11-19(12-10-18)26-23(28)17-7-5-4-6-8-17/h9-15,17H,4-8H2,1-3H3,(H,26,28)(H,27,29). The van der Waals surface area contributed by atoms with Crippen molar-refractivity contribution in [1.82, 2.24) is 5.43 Å². The molecule has 1 fully saturated rings. The van der Waals surface area contributed by atoms with Crippen molar-refractivity contribution in [2.45, 2.75) is 32.1 Å². The minimum Gasteiger partial charge on any atom is -0.493 e. The molecule has 2 aromatic rings. The Balaban J connectivity index is 1.59. The number of amides is 2. The Morgan fingerprint density at radius 3 is 2.12 bits per heavy atom. The lowest BCUT2D eigenvalue weighted by Crippen LogP contribution is -2.24. The van der Waals surface area contributed by atoms with Crippen LogP contribution in [0.1, 0.15) is 48.0 Å². The fourth-order valence-corrected chi connectivity index (χ4v) is 3.72. The van der Waals surface area contributed by atoms with Crippen molar-refractivity contribution in [3.63, 3.8) is 0 Å². The fraction of sp³-hybridized carbons (Fsp3) is 0.375. The molecular weight excluding hydrogens is 410 g/mol. The van der Waals surface area contributed by atoms with E-state index in [0.717, 1.165) is 25.7 Å². The Labute approximate surface area is 187 Å². The van der Waals surface area contributed by atoms with Crippen LogP contribution >= 0.6 is 0 Å². The first kappa shape index (κ1) is 23.1. The van der Waals surface area contributed by atoms with Crippen LogP contribution in [0.2, 0.25) is 0 Å². The van der Waals surface area contributed by atoms with Crippen LogP contribution in [0.4, 0.5) is 5.69 Å². The normalized spacial score (nSPS) is 14.1. The molecule has 0 heterocycles. The second kappa shape index (κ2) is 11.2. The lowest BCUT2D eigenvalue weighted by atomic mass is 9.88. The average molecular weight is 440 g/mol. The van der Waals surface area contributed by atoms with Gasteiger partial charge >= 0.3 is 0 Å². The highest BCUT2D eigenvalue weighted by atomic mass is 16.5. The zero-order valence-corrected chi connectivity index (χ0v) is 18.6. The van der Waals surface area contributed by atoms with Crippen molar-refractivity contribution in [2.24, 2.45) is 11.0 Å². The van der Waals surface area contributed by atoms with Crippen LogP contribution in [0.25, 0.3) is 0 Å². The van der Waals surface area contributed by atoms with Crippen LogP contribution in [0.15, 0.2) is 41.5 Å². The van der Waals surface area contributed by atoms with Gasteiger partial charge in [0.25, 0.3) is 5.91 Å². The Morgan fingerprint density at radius 1 is 0.938 bits per heavy atom. The number of nitrogens with one attached hydrogen (secondary N) is 2. The van der Waals surface area contributed by atoms with E-state index in [9.17, 15) is 9.59 Å². The topological polar surface area (TPSA) is 98.2 Å². The molecule has 0 aliphatic heterocycles. The molecule has 3 rings (SSSR count). The van der Waals surface area contributed by atoms with Gasteiger partial charge in [0.2, 0.25) is 11.7 Å². The third-order valence-corrected chi connectivity index (χ3v) is 5.46. The van der Waals surface area contributed by atoms with Gasteiger partial charge in [0, 0.05) is 22.7 Å². The Hall–Kier alpha value is -3.55. The van der Waals surface area contributed by atoms with E-state index in [1.165, 1.54) is 34.0 Å². The molecule has 0 aromatic heterocycles. The van der Waals surface area contributed by atoms with Gasteiger partial charge in [-0.3, -0.25) is 9.59 Å². The van der Waals surface area contributed by atoms with Gasteiger partial charge in [-0.15, -0.1) is 0 Å². The van der Waals surface area contributed by atoms with Crippen molar-refractivity contribution in [2.75, 3.05) is 26.6 Å². The van der Waals surface area contributed by atoms with Gasteiger partial charge < -0.3 is 19.5 Å². The first-order chi connectivity index (χ1) is 15.5. The van der Waals surface area contributed by atoms with Gasteiger partial charge in [-0.1, -0.05) is 19.3 Å². The number of methoxy groups -OCH3 is 3. The summed E-state index contributed by atoms with van der Waals surface area (Å²) in [5.74, 6) is 1.23. The predicted molar refractivity (Wildman–Crippen MR) is 123 cm³/mol. The van der Waals surface area contributed by atoms with Crippen molar-refractivity contribution in [3.8, 4) is 17.2 Å². The summed E-state index contributed by atoms with van der Waals surface area (Å²) in [4.78, 5) is 24.7. The highest BCUT2D eigenvalue weighted by molar-refractivity contribution is 5.96. The quantitative estimate of drug-likeness (QED) is 0.479. The Morgan fingerprint density at radius 2 is 1.56 bits per heavy atom. The molecule has 0 radical (unpaired) electrons. The number of carbonyl (C=O) groups is 2.